The molecule has 96 valence electrons. The van der Waals surface area contributed by atoms with E-state index in [4.69, 9.17) is 0 Å². The average molecular weight is 347 g/mol. The monoisotopic (exact) mass is 347 g/mol. The Bertz CT molecular complexity index is 325. The predicted molar refractivity (Wildman–Crippen MR) is 85.1 cm³/mol. The summed E-state index contributed by atoms with van der Waals surface area (Å²) < 4.78 is 0. The predicted octanol–water partition coefficient (Wildman–Crippen LogP) is 2.94. The molecule has 1 aromatic rings. The fourth-order valence-corrected chi connectivity index (χ4v) is 1.51. The van der Waals surface area contributed by atoms with Gasteiger partial charge in [0.1, 0.15) is 0 Å². The summed E-state index contributed by atoms with van der Waals surface area (Å²) in [6, 6.07) is 10.6. The molecule has 17 heavy (non-hydrogen) atoms. The molecule has 0 radical (unpaired) electrons. The Morgan fingerprint density at radius 1 is 1.24 bits per heavy atom. The Morgan fingerprint density at radius 2 is 1.88 bits per heavy atom. The maximum Gasteiger partial charge on any atom is 0.191 e. The molecule has 1 atom stereocenters. The zero-order valence-electron chi connectivity index (χ0n) is 10.7. The van der Waals surface area contributed by atoms with Gasteiger partial charge in [0.2, 0.25) is 0 Å². The van der Waals surface area contributed by atoms with Crippen molar-refractivity contribution < 1.29 is 0 Å². The third kappa shape index (κ3) is 5.91. The quantitative estimate of drug-likeness (QED) is 0.499. The third-order valence-corrected chi connectivity index (χ3v) is 2.31. The van der Waals surface area contributed by atoms with Gasteiger partial charge >= 0.3 is 0 Å². The maximum atomic E-state index is 4.37. The second-order valence-corrected chi connectivity index (χ2v) is 3.63. The van der Waals surface area contributed by atoms with Gasteiger partial charge in [-0.2, -0.15) is 0 Å². The van der Waals surface area contributed by atoms with Gasteiger partial charge in [-0.25, -0.2) is 0 Å². The Kier molecular flexibility index (Phi) is 8.85. The fraction of sp³-hybridized carbons (Fsp3) is 0.462. The second kappa shape index (κ2) is 9.27. The Morgan fingerprint density at radius 3 is 2.41 bits per heavy atom. The molecule has 0 saturated heterocycles. The summed E-state index contributed by atoms with van der Waals surface area (Å²) in [6.07, 6.45) is 0. The average Bonchev–Trinajstić information content (AvgIpc) is 2.31. The number of hydrogen-bond acceptors (Lipinski definition) is 1. The highest BCUT2D eigenvalue weighted by molar-refractivity contribution is 14.0. The van der Waals surface area contributed by atoms with E-state index in [1.165, 1.54) is 5.56 Å². The van der Waals surface area contributed by atoms with Gasteiger partial charge in [-0.15, -0.1) is 24.0 Å². The van der Waals surface area contributed by atoms with Gasteiger partial charge < -0.3 is 10.6 Å². The molecule has 1 rings (SSSR count). The standard InChI is InChI=1S/C13H21N3.HI/c1-4-14-13(15-5-2)16-11(3)12-9-7-6-8-10-12;/h6-11H,4-5H2,1-3H3,(H2,14,15,16);1H. The number of benzene rings is 1. The SMILES string of the molecule is CCN=C(NCC)NC(C)c1ccccc1.I. The smallest absolute Gasteiger partial charge is 0.191 e. The van der Waals surface area contributed by atoms with Crippen LogP contribution in [-0.4, -0.2) is 19.0 Å². The molecule has 0 saturated carbocycles. The van der Waals surface area contributed by atoms with Crippen LogP contribution < -0.4 is 10.6 Å². The zero-order chi connectivity index (χ0) is 11.8. The van der Waals surface area contributed by atoms with Crippen molar-refractivity contribution in [3.63, 3.8) is 0 Å². The van der Waals surface area contributed by atoms with Crippen LogP contribution in [0.3, 0.4) is 0 Å². The lowest BCUT2D eigenvalue weighted by molar-refractivity contribution is 0.688. The molecular weight excluding hydrogens is 325 g/mol. The summed E-state index contributed by atoms with van der Waals surface area (Å²) in [7, 11) is 0. The minimum absolute atomic E-state index is 0. The van der Waals surface area contributed by atoms with Gasteiger partial charge in [-0.05, 0) is 26.3 Å². The van der Waals surface area contributed by atoms with Crippen molar-refractivity contribution >= 4 is 29.9 Å². The van der Waals surface area contributed by atoms with Gasteiger partial charge in [-0.3, -0.25) is 4.99 Å². The Labute approximate surface area is 121 Å². The molecular formula is C13H22IN3. The van der Waals surface area contributed by atoms with E-state index >= 15 is 0 Å². The lowest BCUT2D eigenvalue weighted by atomic mass is 10.1. The number of nitrogens with zero attached hydrogens (tertiary/aromatic N) is 1. The molecule has 1 unspecified atom stereocenters. The van der Waals surface area contributed by atoms with Gasteiger partial charge in [0, 0.05) is 13.1 Å². The number of guanidine groups is 1. The van der Waals surface area contributed by atoms with Crippen molar-refractivity contribution in [2.24, 2.45) is 4.99 Å². The van der Waals surface area contributed by atoms with E-state index in [9.17, 15) is 0 Å². The van der Waals surface area contributed by atoms with Crippen LogP contribution in [0.1, 0.15) is 32.4 Å². The minimum atomic E-state index is 0. The number of halogens is 1. The van der Waals surface area contributed by atoms with Crippen molar-refractivity contribution in [2.75, 3.05) is 13.1 Å². The molecule has 0 aliphatic carbocycles. The lowest BCUT2D eigenvalue weighted by Gasteiger charge is -2.17. The van der Waals surface area contributed by atoms with Crippen LogP contribution in [-0.2, 0) is 0 Å². The van der Waals surface area contributed by atoms with Gasteiger partial charge in [0.05, 0.1) is 6.04 Å². The third-order valence-electron chi connectivity index (χ3n) is 2.31. The normalized spacial score (nSPS) is 12.5. The van der Waals surface area contributed by atoms with E-state index < -0.39 is 0 Å². The topological polar surface area (TPSA) is 36.4 Å². The van der Waals surface area contributed by atoms with Crippen LogP contribution in [0.25, 0.3) is 0 Å². The van der Waals surface area contributed by atoms with Crippen LogP contribution in [0.2, 0.25) is 0 Å². The Balaban J connectivity index is 0.00000256. The number of rotatable bonds is 4. The van der Waals surface area contributed by atoms with E-state index in [0.717, 1.165) is 19.0 Å². The van der Waals surface area contributed by atoms with Crippen molar-refractivity contribution in [1.82, 2.24) is 10.6 Å². The van der Waals surface area contributed by atoms with Crippen molar-refractivity contribution in [1.29, 1.82) is 0 Å². The molecule has 0 bridgehead atoms. The minimum Gasteiger partial charge on any atom is -0.357 e. The summed E-state index contributed by atoms with van der Waals surface area (Å²) in [5, 5.41) is 6.60. The van der Waals surface area contributed by atoms with E-state index in [1.54, 1.807) is 0 Å². The van der Waals surface area contributed by atoms with Crippen LogP contribution in [0.5, 0.6) is 0 Å². The first-order valence-corrected chi connectivity index (χ1v) is 5.87. The van der Waals surface area contributed by atoms with Gasteiger partial charge in [0.25, 0.3) is 0 Å². The van der Waals surface area contributed by atoms with Crippen LogP contribution in [0, 0.1) is 0 Å². The highest BCUT2D eigenvalue weighted by Crippen LogP contribution is 2.10. The summed E-state index contributed by atoms with van der Waals surface area (Å²) in [5.74, 6) is 0.876. The molecule has 0 aliphatic heterocycles. The number of nitrogens with one attached hydrogen (secondary N) is 2. The summed E-state index contributed by atoms with van der Waals surface area (Å²) >= 11 is 0. The Hall–Kier alpha value is -0.780. The highest BCUT2D eigenvalue weighted by Gasteiger charge is 2.05. The van der Waals surface area contributed by atoms with Crippen molar-refractivity contribution in [3.8, 4) is 0 Å². The molecule has 2 N–H and O–H groups in total. The molecule has 0 heterocycles. The second-order valence-electron chi connectivity index (χ2n) is 3.63. The summed E-state index contributed by atoms with van der Waals surface area (Å²) in [6.45, 7) is 7.91. The molecule has 0 aliphatic rings. The lowest BCUT2D eigenvalue weighted by Crippen LogP contribution is -2.38. The first kappa shape index (κ1) is 16.2. The van der Waals surface area contributed by atoms with E-state index in [2.05, 4.69) is 53.7 Å². The van der Waals surface area contributed by atoms with Crippen LogP contribution >= 0.6 is 24.0 Å². The van der Waals surface area contributed by atoms with Crippen LogP contribution in [0.4, 0.5) is 0 Å². The first-order chi connectivity index (χ1) is 7.77. The molecule has 0 amide bonds. The van der Waals surface area contributed by atoms with Gasteiger partial charge in [-0.1, -0.05) is 30.3 Å². The van der Waals surface area contributed by atoms with Crippen molar-refractivity contribution in [3.05, 3.63) is 35.9 Å². The molecule has 4 heteroatoms. The van der Waals surface area contributed by atoms with E-state index in [1.807, 2.05) is 13.0 Å². The highest BCUT2D eigenvalue weighted by atomic mass is 127. The summed E-state index contributed by atoms with van der Waals surface area (Å²) in [4.78, 5) is 4.37. The van der Waals surface area contributed by atoms with E-state index in [0.29, 0.717) is 0 Å². The summed E-state index contributed by atoms with van der Waals surface area (Å²) in [5.41, 5.74) is 1.27. The van der Waals surface area contributed by atoms with Gasteiger partial charge in [0.15, 0.2) is 5.96 Å². The molecule has 0 fully saturated rings. The van der Waals surface area contributed by atoms with E-state index in [-0.39, 0.29) is 30.0 Å². The number of hydrogen-bond donors (Lipinski definition) is 2. The van der Waals surface area contributed by atoms with Crippen LogP contribution in [0.15, 0.2) is 35.3 Å². The fourth-order valence-electron chi connectivity index (χ4n) is 1.51. The number of aliphatic imine (C=N–C) groups is 1. The first-order valence-electron chi connectivity index (χ1n) is 5.87. The molecule has 3 nitrogen and oxygen atoms in total. The molecule has 0 aromatic heterocycles. The maximum absolute atomic E-state index is 4.37. The largest absolute Gasteiger partial charge is 0.357 e. The van der Waals surface area contributed by atoms with Crippen molar-refractivity contribution in [2.45, 2.75) is 26.8 Å². The molecule has 0 spiro atoms. The zero-order valence-corrected chi connectivity index (χ0v) is 13.1. The molecule has 1 aromatic carbocycles.